The molecule has 70 valence electrons. The Morgan fingerprint density at radius 1 is 1.77 bits per heavy atom. The lowest BCUT2D eigenvalue weighted by molar-refractivity contribution is -0.754. The number of esters is 1. The molecule has 5 nitrogen and oxygen atoms in total. The van der Waals surface area contributed by atoms with Gasteiger partial charge in [-0.2, -0.15) is 0 Å². The number of carbonyl (C=O) groups is 1. The number of carbonyl (C=O) groups excluding carboxylic acids is 1. The number of hydrogen-bond donors (Lipinski definition) is 1. The smallest absolute Gasteiger partial charge is 0.339 e. The molecule has 0 spiro atoms. The molecule has 13 heavy (non-hydrogen) atoms. The lowest BCUT2D eigenvalue weighted by Gasteiger charge is -1.95. The first-order chi connectivity index (χ1) is 6.27. The Morgan fingerprint density at radius 3 is 3.00 bits per heavy atom. The minimum atomic E-state index is -0.413. The van der Waals surface area contributed by atoms with Crippen LogP contribution in [-0.2, 0) is 11.3 Å². The Kier molecular flexibility index (Phi) is 3.33. The highest BCUT2D eigenvalue weighted by molar-refractivity contribution is 5.88. The maximum atomic E-state index is 11.0. The number of aromatic nitrogens is 2. The lowest BCUT2D eigenvalue weighted by atomic mass is 10.3. The molecule has 0 aliphatic heterocycles. The zero-order chi connectivity index (χ0) is 9.68. The minimum absolute atomic E-state index is 0.0231. The van der Waals surface area contributed by atoms with Crippen LogP contribution in [0.4, 0.5) is 0 Å². The van der Waals surface area contributed by atoms with Gasteiger partial charge in [0.25, 0.3) is 0 Å². The van der Waals surface area contributed by atoms with Crippen molar-refractivity contribution >= 4 is 5.97 Å². The predicted octanol–water partition coefficient (Wildman–Crippen LogP) is -0.852. The molecule has 5 heteroatoms. The Balaban J connectivity index is 2.75. The van der Waals surface area contributed by atoms with Gasteiger partial charge in [-0.25, -0.2) is 4.79 Å². The standard InChI is InChI=1S/C8H11N2O3/c1-13-8(12)7-2-3-10(4-5-11)9-6-7/h2-3,6,11H,4-5H2,1H3/q+1. The molecule has 1 heterocycles. The third-order valence-electron chi connectivity index (χ3n) is 1.52. The first-order valence-electron chi connectivity index (χ1n) is 3.83. The molecule has 0 saturated heterocycles. The zero-order valence-electron chi connectivity index (χ0n) is 7.30. The summed E-state index contributed by atoms with van der Waals surface area (Å²) in [5.41, 5.74) is 0.400. The van der Waals surface area contributed by atoms with Crippen LogP contribution in [0, 0.1) is 0 Å². The molecule has 0 unspecified atom stereocenters. The highest BCUT2D eigenvalue weighted by Crippen LogP contribution is 1.94. The van der Waals surface area contributed by atoms with Gasteiger partial charge in [-0.15, -0.1) is 0 Å². The molecule has 0 radical (unpaired) electrons. The summed E-state index contributed by atoms with van der Waals surface area (Å²) >= 11 is 0. The number of ether oxygens (including phenoxy) is 1. The van der Waals surface area contributed by atoms with Gasteiger partial charge in [0.15, 0.2) is 12.7 Å². The molecule has 1 rings (SSSR count). The maximum Gasteiger partial charge on any atom is 0.339 e. The van der Waals surface area contributed by atoms with Gasteiger partial charge in [0, 0.05) is 6.07 Å². The van der Waals surface area contributed by atoms with Crippen molar-refractivity contribution in [1.82, 2.24) is 5.10 Å². The minimum Gasteiger partial charge on any atom is -0.465 e. The molecule has 0 bridgehead atoms. The van der Waals surface area contributed by atoms with Gasteiger partial charge < -0.3 is 9.84 Å². The van der Waals surface area contributed by atoms with Crippen LogP contribution in [0.5, 0.6) is 0 Å². The van der Waals surface area contributed by atoms with Crippen molar-refractivity contribution in [2.75, 3.05) is 13.7 Å². The van der Waals surface area contributed by atoms with Crippen molar-refractivity contribution in [3.8, 4) is 0 Å². The van der Waals surface area contributed by atoms with Gasteiger partial charge in [-0.05, 0) is 5.10 Å². The highest BCUT2D eigenvalue weighted by atomic mass is 16.5. The summed E-state index contributed by atoms with van der Waals surface area (Å²) in [7, 11) is 1.32. The number of nitrogens with zero attached hydrogens (tertiary/aromatic N) is 2. The zero-order valence-corrected chi connectivity index (χ0v) is 7.30. The maximum absolute atomic E-state index is 11.0. The number of methoxy groups -OCH3 is 1. The van der Waals surface area contributed by atoms with Gasteiger partial charge in [-0.1, -0.05) is 4.68 Å². The van der Waals surface area contributed by atoms with Crippen LogP contribution in [0.1, 0.15) is 10.4 Å². The summed E-state index contributed by atoms with van der Waals surface area (Å²) in [6, 6.07) is 1.59. The average Bonchev–Trinajstić information content (AvgIpc) is 2.18. The van der Waals surface area contributed by atoms with E-state index in [-0.39, 0.29) is 6.61 Å². The molecule has 0 aromatic carbocycles. The van der Waals surface area contributed by atoms with E-state index in [0.29, 0.717) is 12.1 Å². The lowest BCUT2D eigenvalue weighted by Crippen LogP contribution is -2.39. The summed E-state index contributed by atoms with van der Waals surface area (Å²) in [4.78, 5) is 11.0. The molecule has 0 fully saturated rings. The third kappa shape index (κ3) is 2.48. The fourth-order valence-electron chi connectivity index (χ4n) is 0.858. The van der Waals surface area contributed by atoms with Crippen LogP contribution in [-0.4, -0.2) is 29.9 Å². The summed E-state index contributed by atoms with van der Waals surface area (Å²) in [6.07, 6.45) is 3.02. The van der Waals surface area contributed by atoms with Gasteiger partial charge >= 0.3 is 5.97 Å². The first kappa shape index (κ1) is 9.60. The van der Waals surface area contributed by atoms with E-state index in [1.54, 1.807) is 12.3 Å². The van der Waals surface area contributed by atoms with Crippen LogP contribution >= 0.6 is 0 Å². The van der Waals surface area contributed by atoms with Crippen LogP contribution in [0.3, 0.4) is 0 Å². The first-order valence-corrected chi connectivity index (χ1v) is 3.83. The Bertz CT molecular complexity index is 284. The van der Waals surface area contributed by atoms with E-state index in [0.717, 1.165) is 0 Å². The van der Waals surface area contributed by atoms with Crippen molar-refractivity contribution < 1.29 is 19.3 Å². The quantitative estimate of drug-likeness (QED) is 0.489. The fourth-order valence-corrected chi connectivity index (χ4v) is 0.858. The van der Waals surface area contributed by atoms with Gasteiger partial charge in [0.05, 0.1) is 12.7 Å². The predicted molar refractivity (Wildman–Crippen MR) is 42.9 cm³/mol. The van der Waals surface area contributed by atoms with Crippen molar-refractivity contribution in [3.05, 3.63) is 24.0 Å². The van der Waals surface area contributed by atoms with Gasteiger partial charge in [0.2, 0.25) is 0 Å². The number of aliphatic hydroxyl groups excluding tert-OH is 1. The summed E-state index contributed by atoms with van der Waals surface area (Å²) < 4.78 is 6.03. The number of aliphatic hydroxyl groups is 1. The van der Waals surface area contributed by atoms with Crippen molar-refractivity contribution in [2.45, 2.75) is 6.54 Å². The van der Waals surface area contributed by atoms with E-state index in [4.69, 9.17) is 5.11 Å². The number of hydrogen-bond acceptors (Lipinski definition) is 4. The molecule has 0 saturated carbocycles. The van der Waals surface area contributed by atoms with E-state index >= 15 is 0 Å². The van der Waals surface area contributed by atoms with E-state index in [1.165, 1.54) is 18.0 Å². The Hall–Kier alpha value is -1.49. The summed E-state index contributed by atoms with van der Waals surface area (Å²) in [5.74, 6) is -0.413. The van der Waals surface area contributed by atoms with E-state index in [2.05, 4.69) is 9.84 Å². The third-order valence-corrected chi connectivity index (χ3v) is 1.52. The molecule has 0 amide bonds. The second kappa shape index (κ2) is 4.51. The highest BCUT2D eigenvalue weighted by Gasteiger charge is 2.08. The van der Waals surface area contributed by atoms with Gasteiger partial charge in [0.1, 0.15) is 12.8 Å². The van der Waals surface area contributed by atoms with E-state index in [1.807, 2.05) is 0 Å². The molecule has 0 atom stereocenters. The van der Waals surface area contributed by atoms with Crippen LogP contribution in [0.25, 0.3) is 0 Å². The topological polar surface area (TPSA) is 63.3 Å². The second-order valence-electron chi connectivity index (χ2n) is 2.39. The van der Waals surface area contributed by atoms with Crippen LogP contribution in [0.2, 0.25) is 0 Å². The van der Waals surface area contributed by atoms with Crippen molar-refractivity contribution in [3.63, 3.8) is 0 Å². The molecule has 0 aliphatic rings. The molecule has 1 aromatic rings. The molecule has 1 N–H and O–H groups in total. The fraction of sp³-hybridized carbons (Fsp3) is 0.375. The SMILES string of the molecule is COC(=O)c1cc[n+](CCO)nc1. The summed E-state index contributed by atoms with van der Waals surface area (Å²) in [6.45, 7) is 0.441. The van der Waals surface area contributed by atoms with Crippen molar-refractivity contribution in [2.24, 2.45) is 0 Å². The number of rotatable bonds is 3. The van der Waals surface area contributed by atoms with Gasteiger partial charge in [-0.3, -0.25) is 0 Å². The van der Waals surface area contributed by atoms with E-state index < -0.39 is 5.97 Å². The largest absolute Gasteiger partial charge is 0.465 e. The Labute approximate surface area is 75.6 Å². The van der Waals surface area contributed by atoms with Crippen molar-refractivity contribution in [1.29, 1.82) is 0 Å². The van der Waals surface area contributed by atoms with Crippen LogP contribution in [0.15, 0.2) is 18.5 Å². The molecular formula is C8H11N2O3+. The average molecular weight is 183 g/mol. The molecule has 1 aromatic heterocycles. The van der Waals surface area contributed by atoms with E-state index in [9.17, 15) is 4.79 Å². The second-order valence-corrected chi connectivity index (χ2v) is 2.39. The molecule has 0 aliphatic carbocycles. The monoisotopic (exact) mass is 183 g/mol. The summed E-state index contributed by atoms with van der Waals surface area (Å²) in [5, 5.41) is 12.5. The van der Waals surface area contributed by atoms with Crippen LogP contribution < -0.4 is 4.68 Å². The Morgan fingerprint density at radius 2 is 2.54 bits per heavy atom. The normalized spacial score (nSPS) is 9.69. The molecular weight excluding hydrogens is 172 g/mol.